The number of aromatic carboxylic acids is 1. The van der Waals surface area contributed by atoms with Crippen LogP contribution in [0.15, 0.2) is 63.0 Å². The average molecular weight is 442 g/mol. The zero-order chi connectivity index (χ0) is 22.4. The van der Waals surface area contributed by atoms with Gasteiger partial charge in [-0.2, -0.15) is 5.10 Å². The summed E-state index contributed by atoms with van der Waals surface area (Å²) in [6.07, 6.45) is 2.05. The summed E-state index contributed by atoms with van der Waals surface area (Å²) in [5.74, 6) is -2.12. The number of carbonyl (C=O) groups is 3. The Hall–Kier alpha value is -3.98. The summed E-state index contributed by atoms with van der Waals surface area (Å²) in [6, 6.07) is 10.4. The number of fused-ring (bicyclic) bond motifs is 1. The van der Waals surface area contributed by atoms with Crippen molar-refractivity contribution >= 4 is 52.3 Å². The third-order valence-electron chi connectivity index (χ3n) is 4.13. The number of hydrazone groups is 1. The maximum absolute atomic E-state index is 12.4. The Balaban J connectivity index is 1.52. The highest BCUT2D eigenvalue weighted by molar-refractivity contribution is 6.31. The van der Waals surface area contributed by atoms with E-state index < -0.39 is 17.8 Å². The topological polar surface area (TPSA) is 138 Å². The van der Waals surface area contributed by atoms with Crippen molar-refractivity contribution in [3.05, 3.63) is 75.1 Å². The van der Waals surface area contributed by atoms with E-state index in [4.69, 9.17) is 21.1 Å². The second kappa shape index (κ2) is 9.68. The molecule has 10 heteroatoms. The molecular weight excluding hydrogens is 426 g/mol. The van der Waals surface area contributed by atoms with Crippen molar-refractivity contribution in [1.82, 2.24) is 5.43 Å². The number of rotatable bonds is 7. The Kier molecular flexibility index (Phi) is 6.78. The highest BCUT2D eigenvalue weighted by Crippen LogP contribution is 2.17. The number of carboxylic acid groups (broad SMARTS) is 1. The summed E-state index contributed by atoms with van der Waals surface area (Å²) < 4.78 is 5.34. The lowest BCUT2D eigenvalue weighted by atomic mass is 10.2. The number of carboxylic acids is 1. The van der Waals surface area contributed by atoms with Crippen LogP contribution < -0.4 is 16.2 Å². The second-order valence-electron chi connectivity index (χ2n) is 6.39. The van der Waals surface area contributed by atoms with Gasteiger partial charge in [0.15, 0.2) is 0 Å². The quantitative estimate of drug-likeness (QED) is 0.380. The van der Waals surface area contributed by atoms with Crippen LogP contribution in [0.4, 0.5) is 5.69 Å². The molecule has 3 rings (SSSR count). The first-order chi connectivity index (χ1) is 14.8. The minimum absolute atomic E-state index is 0.0335. The van der Waals surface area contributed by atoms with Crippen molar-refractivity contribution in [2.75, 3.05) is 5.32 Å². The molecule has 0 fully saturated rings. The molecule has 0 aliphatic carbocycles. The molecular formula is C21H16ClN3O6. The normalized spacial score (nSPS) is 10.9. The van der Waals surface area contributed by atoms with Crippen molar-refractivity contribution in [2.45, 2.75) is 12.8 Å². The summed E-state index contributed by atoms with van der Waals surface area (Å²) in [5.41, 5.74) is 2.70. The van der Waals surface area contributed by atoms with E-state index in [0.717, 1.165) is 6.21 Å². The maximum Gasteiger partial charge on any atom is 0.335 e. The summed E-state index contributed by atoms with van der Waals surface area (Å²) in [6.45, 7) is 0. The fraction of sp³-hybridized carbons (Fsp3) is 0.0952. The number of nitrogens with one attached hydrogen (secondary N) is 2. The summed E-state index contributed by atoms with van der Waals surface area (Å²) in [7, 11) is 0. The minimum atomic E-state index is -1.11. The third-order valence-corrected chi connectivity index (χ3v) is 4.36. The smallest absolute Gasteiger partial charge is 0.335 e. The van der Waals surface area contributed by atoms with Crippen LogP contribution in [0.1, 0.15) is 28.8 Å². The van der Waals surface area contributed by atoms with E-state index >= 15 is 0 Å². The fourth-order valence-corrected chi connectivity index (χ4v) is 2.78. The molecule has 31 heavy (non-hydrogen) atoms. The highest BCUT2D eigenvalue weighted by Gasteiger charge is 2.09. The van der Waals surface area contributed by atoms with Crippen LogP contribution in [0.2, 0.25) is 5.02 Å². The van der Waals surface area contributed by atoms with E-state index in [-0.39, 0.29) is 29.4 Å². The van der Waals surface area contributed by atoms with Gasteiger partial charge in [0.05, 0.1) is 22.7 Å². The Labute approximate surface area is 180 Å². The van der Waals surface area contributed by atoms with Crippen molar-refractivity contribution in [3.8, 4) is 0 Å². The van der Waals surface area contributed by atoms with Gasteiger partial charge in [0.25, 0.3) is 0 Å². The Morgan fingerprint density at radius 1 is 1.10 bits per heavy atom. The van der Waals surface area contributed by atoms with Gasteiger partial charge in [0, 0.05) is 29.6 Å². The van der Waals surface area contributed by atoms with Crippen molar-refractivity contribution in [1.29, 1.82) is 0 Å². The van der Waals surface area contributed by atoms with Crippen LogP contribution in [0.25, 0.3) is 11.0 Å². The number of anilines is 1. The molecule has 0 radical (unpaired) electrons. The standard InChI is InChI=1S/C21H16ClN3O6/c22-14-4-5-16-17(9-14)31-11-13(20(16)28)10-23-25-19(27)7-6-18(26)24-15-3-1-2-12(8-15)21(29)30/h1-5,8-11H,6-7H2,(H,24,26)(H,25,27)(H,29,30)/b23-10-. The molecule has 0 saturated heterocycles. The van der Waals surface area contributed by atoms with Gasteiger partial charge in [-0.3, -0.25) is 14.4 Å². The molecule has 0 aliphatic rings. The molecule has 2 aromatic carbocycles. The van der Waals surface area contributed by atoms with Gasteiger partial charge in [-0.05, 0) is 30.3 Å². The van der Waals surface area contributed by atoms with Gasteiger partial charge < -0.3 is 14.8 Å². The maximum atomic E-state index is 12.4. The van der Waals surface area contributed by atoms with Crippen LogP contribution in [-0.4, -0.2) is 29.1 Å². The predicted octanol–water partition coefficient (Wildman–Crippen LogP) is 3.01. The fourth-order valence-electron chi connectivity index (χ4n) is 2.62. The van der Waals surface area contributed by atoms with E-state index in [2.05, 4.69) is 15.8 Å². The molecule has 2 amide bonds. The van der Waals surface area contributed by atoms with Crippen LogP contribution in [0.5, 0.6) is 0 Å². The molecule has 1 heterocycles. The first-order valence-electron chi connectivity index (χ1n) is 8.99. The van der Waals surface area contributed by atoms with E-state index in [1.54, 1.807) is 6.07 Å². The number of halogens is 1. The van der Waals surface area contributed by atoms with Crippen molar-refractivity contribution in [3.63, 3.8) is 0 Å². The first-order valence-corrected chi connectivity index (χ1v) is 9.37. The van der Waals surface area contributed by atoms with E-state index in [1.807, 2.05) is 0 Å². The Morgan fingerprint density at radius 3 is 2.65 bits per heavy atom. The zero-order valence-electron chi connectivity index (χ0n) is 15.9. The highest BCUT2D eigenvalue weighted by atomic mass is 35.5. The van der Waals surface area contributed by atoms with E-state index in [0.29, 0.717) is 21.7 Å². The molecule has 9 nitrogen and oxygen atoms in total. The van der Waals surface area contributed by atoms with Gasteiger partial charge in [-0.1, -0.05) is 17.7 Å². The van der Waals surface area contributed by atoms with Gasteiger partial charge in [0.2, 0.25) is 17.2 Å². The lowest BCUT2D eigenvalue weighted by molar-refractivity contribution is -0.124. The largest absolute Gasteiger partial charge is 0.478 e. The van der Waals surface area contributed by atoms with Crippen LogP contribution in [-0.2, 0) is 9.59 Å². The number of hydrogen-bond donors (Lipinski definition) is 3. The zero-order valence-corrected chi connectivity index (χ0v) is 16.7. The second-order valence-corrected chi connectivity index (χ2v) is 6.82. The monoisotopic (exact) mass is 441 g/mol. The van der Waals surface area contributed by atoms with E-state index in [9.17, 15) is 19.2 Å². The molecule has 0 atom stereocenters. The molecule has 3 aromatic rings. The lowest BCUT2D eigenvalue weighted by Gasteiger charge is -2.05. The van der Waals surface area contributed by atoms with Crippen molar-refractivity contribution < 1.29 is 23.9 Å². The predicted molar refractivity (Wildman–Crippen MR) is 114 cm³/mol. The summed E-state index contributed by atoms with van der Waals surface area (Å²) in [4.78, 5) is 47.1. The summed E-state index contributed by atoms with van der Waals surface area (Å²) >= 11 is 5.86. The Morgan fingerprint density at radius 2 is 1.87 bits per heavy atom. The molecule has 0 spiro atoms. The number of nitrogens with zero attached hydrogens (tertiary/aromatic N) is 1. The third kappa shape index (κ3) is 5.77. The molecule has 0 unspecified atom stereocenters. The molecule has 0 bridgehead atoms. The lowest BCUT2D eigenvalue weighted by Crippen LogP contribution is -2.21. The Bertz CT molecular complexity index is 1250. The number of hydrogen-bond acceptors (Lipinski definition) is 6. The number of amides is 2. The van der Waals surface area contributed by atoms with Crippen LogP contribution >= 0.6 is 11.6 Å². The van der Waals surface area contributed by atoms with E-state index in [1.165, 1.54) is 42.7 Å². The van der Waals surface area contributed by atoms with Crippen LogP contribution in [0, 0.1) is 0 Å². The van der Waals surface area contributed by atoms with Gasteiger partial charge in [0.1, 0.15) is 11.8 Å². The molecule has 0 aliphatic heterocycles. The molecule has 3 N–H and O–H groups in total. The minimum Gasteiger partial charge on any atom is -0.478 e. The average Bonchev–Trinajstić information content (AvgIpc) is 2.74. The van der Waals surface area contributed by atoms with Crippen molar-refractivity contribution in [2.24, 2.45) is 5.10 Å². The summed E-state index contributed by atoms with van der Waals surface area (Å²) in [5, 5.41) is 15.9. The first kappa shape index (κ1) is 21.7. The number of carbonyl (C=O) groups excluding carboxylic acids is 2. The molecule has 158 valence electrons. The molecule has 1 aromatic heterocycles. The molecule has 0 saturated carbocycles. The van der Waals surface area contributed by atoms with Gasteiger partial charge >= 0.3 is 5.97 Å². The van der Waals surface area contributed by atoms with Gasteiger partial charge in [-0.25, -0.2) is 10.2 Å². The SMILES string of the molecule is O=C(CCC(=O)Nc1cccc(C(=O)O)c1)N/N=C\c1coc2cc(Cl)ccc2c1=O. The number of benzene rings is 2. The van der Waals surface area contributed by atoms with Gasteiger partial charge in [-0.15, -0.1) is 0 Å². The van der Waals surface area contributed by atoms with Crippen LogP contribution in [0.3, 0.4) is 0 Å².